The van der Waals surface area contributed by atoms with Crippen molar-refractivity contribution in [3.8, 4) is 0 Å². The molecule has 0 saturated heterocycles. The summed E-state index contributed by atoms with van der Waals surface area (Å²) in [6, 6.07) is 0. The molecule has 0 radical (unpaired) electrons. The van der Waals surface area contributed by atoms with Gasteiger partial charge in [-0.1, -0.05) is 13.5 Å². The molecule has 0 bridgehead atoms. The van der Waals surface area contributed by atoms with Crippen LogP contribution in [0.3, 0.4) is 0 Å². The Hall–Kier alpha value is -0.113. The summed E-state index contributed by atoms with van der Waals surface area (Å²) in [7, 11) is -0.0297. The molecule has 0 aliphatic heterocycles. The van der Waals surface area contributed by atoms with Crippen LogP contribution in [0, 0.1) is 0 Å². The van der Waals surface area contributed by atoms with Gasteiger partial charge in [0.05, 0.1) is 0 Å². The molecule has 0 rings (SSSR count). The van der Waals surface area contributed by atoms with Crippen LogP contribution in [-0.2, 0) is 4.79 Å². The Bertz CT molecular complexity index is 44.8. The highest BCUT2D eigenvalue weighted by Crippen LogP contribution is 1.90. The van der Waals surface area contributed by atoms with Gasteiger partial charge in [0.25, 0.3) is 0 Å². The Labute approximate surface area is 40.6 Å². The predicted molar refractivity (Wildman–Crippen MR) is 29.9 cm³/mol. The smallest absolute Gasteiger partial charge is 0.119 e. The third-order valence-corrected chi connectivity index (χ3v) is 2.36. The summed E-state index contributed by atoms with van der Waals surface area (Å²) in [4.78, 5) is 9.77. The van der Waals surface area contributed by atoms with Gasteiger partial charge < -0.3 is 4.79 Å². The second kappa shape index (κ2) is 3.09. The van der Waals surface area contributed by atoms with Crippen LogP contribution in [0.2, 0.25) is 12.1 Å². The molecule has 0 fully saturated rings. The molecule has 0 amide bonds. The van der Waals surface area contributed by atoms with E-state index in [1.807, 2.05) is 6.92 Å². The van der Waals surface area contributed by atoms with Gasteiger partial charge >= 0.3 is 0 Å². The summed E-state index contributed by atoms with van der Waals surface area (Å²) in [6.45, 7) is 4.11. The molecule has 0 spiro atoms. The van der Waals surface area contributed by atoms with E-state index in [1.54, 1.807) is 0 Å². The maximum atomic E-state index is 9.77. The van der Waals surface area contributed by atoms with Gasteiger partial charge in [-0.3, -0.25) is 0 Å². The topological polar surface area (TPSA) is 17.1 Å². The van der Waals surface area contributed by atoms with Crippen LogP contribution in [0.15, 0.2) is 0 Å². The number of aldehydes is 1. The van der Waals surface area contributed by atoms with Crippen molar-refractivity contribution in [2.45, 2.75) is 19.0 Å². The first-order valence-corrected chi connectivity index (χ1v) is 4.49. The minimum Gasteiger partial charge on any atom is -0.303 e. The van der Waals surface area contributed by atoms with Crippen LogP contribution < -0.4 is 0 Å². The first kappa shape index (κ1) is 5.89. The fourth-order valence-corrected chi connectivity index (χ4v) is 0.289. The van der Waals surface area contributed by atoms with E-state index in [-0.39, 0.29) is 9.52 Å². The highest BCUT2D eigenvalue weighted by molar-refractivity contribution is 6.40. The van der Waals surface area contributed by atoms with Gasteiger partial charge in [0, 0.05) is 15.1 Å². The van der Waals surface area contributed by atoms with Gasteiger partial charge in [-0.25, -0.2) is 0 Å². The Kier molecular flexibility index (Phi) is 3.03. The van der Waals surface area contributed by atoms with Crippen molar-refractivity contribution >= 4 is 15.8 Å². The first-order chi connectivity index (χ1) is 2.81. The molecule has 2 heteroatoms. The van der Waals surface area contributed by atoms with Crippen molar-refractivity contribution < 1.29 is 4.79 Å². The van der Waals surface area contributed by atoms with E-state index in [2.05, 4.69) is 6.55 Å². The zero-order valence-electron chi connectivity index (χ0n) is 4.27. The summed E-state index contributed by atoms with van der Waals surface area (Å²) in [5, 5.41) is 0. The van der Waals surface area contributed by atoms with E-state index in [4.69, 9.17) is 0 Å². The van der Waals surface area contributed by atoms with Crippen molar-refractivity contribution in [1.29, 1.82) is 0 Å². The van der Waals surface area contributed by atoms with Crippen LogP contribution >= 0.6 is 0 Å². The molecule has 36 valence electrons. The zero-order chi connectivity index (χ0) is 4.99. The van der Waals surface area contributed by atoms with Gasteiger partial charge in [0.1, 0.15) is 6.29 Å². The van der Waals surface area contributed by atoms with Gasteiger partial charge in [-0.2, -0.15) is 0 Å². The van der Waals surface area contributed by atoms with Gasteiger partial charge in [-0.05, 0) is 0 Å². The molecule has 0 saturated carbocycles. The van der Waals surface area contributed by atoms with Crippen molar-refractivity contribution in [1.82, 2.24) is 0 Å². The minimum atomic E-state index is -0.0297. The average Bonchev–Trinajstić information content (AvgIpc) is 1.65. The van der Waals surface area contributed by atoms with Gasteiger partial charge in [0.15, 0.2) is 0 Å². The molecular weight excluding hydrogens is 92.1 g/mol. The monoisotopic (exact) mass is 102 g/mol. The van der Waals surface area contributed by atoms with E-state index in [0.717, 1.165) is 6.29 Å². The second-order valence-electron chi connectivity index (χ2n) is 1.52. The van der Waals surface area contributed by atoms with E-state index < -0.39 is 0 Å². The molecule has 0 aliphatic carbocycles. The maximum absolute atomic E-state index is 9.77. The Morgan fingerprint density at radius 2 is 2.33 bits per heavy atom. The summed E-state index contributed by atoms with van der Waals surface area (Å²) >= 11 is 0. The van der Waals surface area contributed by atoms with E-state index >= 15 is 0 Å². The molecule has 1 atom stereocenters. The summed E-state index contributed by atoms with van der Waals surface area (Å²) in [5.74, 6) is 0. The van der Waals surface area contributed by atoms with Crippen LogP contribution in [0.1, 0.15) is 6.92 Å². The fraction of sp³-hybridized carbons (Fsp3) is 0.750. The van der Waals surface area contributed by atoms with Crippen LogP contribution in [0.5, 0.6) is 0 Å². The molecular formula is C4H10OSi. The zero-order valence-corrected chi connectivity index (χ0v) is 5.68. The highest BCUT2D eigenvalue weighted by Gasteiger charge is 1.90. The molecule has 1 nitrogen and oxygen atoms in total. The molecule has 0 aromatic carbocycles. The fourth-order valence-electron chi connectivity index (χ4n) is 0.0962. The van der Waals surface area contributed by atoms with Gasteiger partial charge in [-0.15, -0.1) is 0 Å². The van der Waals surface area contributed by atoms with E-state index in [0.29, 0.717) is 5.54 Å². The van der Waals surface area contributed by atoms with E-state index in [9.17, 15) is 4.79 Å². The number of rotatable bonds is 2. The standard InChI is InChI=1S/C4H10OSi/c1-4(3-5)6-2/h3-4H,6H2,1-2H3. The van der Waals surface area contributed by atoms with Crippen LogP contribution in [0.4, 0.5) is 0 Å². The molecule has 0 aromatic rings. The quantitative estimate of drug-likeness (QED) is 0.360. The van der Waals surface area contributed by atoms with Gasteiger partial charge in [0.2, 0.25) is 0 Å². The summed E-state index contributed by atoms with van der Waals surface area (Å²) < 4.78 is 0. The SMILES string of the molecule is C[SiH2]C(C)C=O. The number of carbonyl (C=O) groups is 1. The third-order valence-electron chi connectivity index (χ3n) is 0.876. The largest absolute Gasteiger partial charge is 0.303 e. The third kappa shape index (κ3) is 2.14. The average molecular weight is 102 g/mol. The lowest BCUT2D eigenvalue weighted by atomic mass is 10.5. The first-order valence-electron chi connectivity index (χ1n) is 2.26. The molecule has 0 aromatic heterocycles. The Morgan fingerprint density at radius 1 is 1.83 bits per heavy atom. The maximum Gasteiger partial charge on any atom is 0.119 e. The summed E-state index contributed by atoms with van der Waals surface area (Å²) in [5.41, 5.74) is 0.394. The highest BCUT2D eigenvalue weighted by atomic mass is 28.2. The van der Waals surface area contributed by atoms with Crippen molar-refractivity contribution in [2.24, 2.45) is 0 Å². The lowest BCUT2D eigenvalue weighted by Crippen LogP contribution is -1.93. The Morgan fingerprint density at radius 3 is 2.33 bits per heavy atom. The normalized spacial score (nSPS) is 15.7. The van der Waals surface area contributed by atoms with E-state index in [1.165, 1.54) is 0 Å². The molecule has 0 aliphatic rings. The molecule has 1 unspecified atom stereocenters. The van der Waals surface area contributed by atoms with Crippen LogP contribution in [0.25, 0.3) is 0 Å². The molecule has 0 N–H and O–H groups in total. The van der Waals surface area contributed by atoms with Crippen molar-refractivity contribution in [3.05, 3.63) is 0 Å². The summed E-state index contributed by atoms with van der Waals surface area (Å²) in [6.07, 6.45) is 1.03. The minimum absolute atomic E-state index is 0.0297. The van der Waals surface area contributed by atoms with Crippen LogP contribution in [-0.4, -0.2) is 15.8 Å². The molecule has 6 heavy (non-hydrogen) atoms. The lowest BCUT2D eigenvalue weighted by Gasteiger charge is -1.88. The second-order valence-corrected chi connectivity index (χ2v) is 3.63. The van der Waals surface area contributed by atoms with Crippen molar-refractivity contribution in [2.75, 3.05) is 0 Å². The number of hydrogen-bond donors (Lipinski definition) is 0. The molecule has 0 heterocycles. The predicted octanol–water partition coefficient (Wildman–Crippen LogP) is 0.211. The number of hydrogen-bond acceptors (Lipinski definition) is 1. The number of carbonyl (C=O) groups excluding carboxylic acids is 1. The lowest BCUT2D eigenvalue weighted by molar-refractivity contribution is -0.107. The van der Waals surface area contributed by atoms with Crippen molar-refractivity contribution in [3.63, 3.8) is 0 Å². The Balaban J connectivity index is 2.96.